The van der Waals surface area contributed by atoms with E-state index in [2.05, 4.69) is 17.0 Å². The summed E-state index contributed by atoms with van der Waals surface area (Å²) in [6, 6.07) is 12.2. The molecule has 1 aromatic heterocycles. The summed E-state index contributed by atoms with van der Waals surface area (Å²) in [5.41, 5.74) is 2.12. The summed E-state index contributed by atoms with van der Waals surface area (Å²) in [5, 5.41) is 11.3. The van der Waals surface area contributed by atoms with E-state index < -0.39 is 0 Å². The number of carbonyl (C=O) groups is 1. The lowest BCUT2D eigenvalue weighted by molar-refractivity contribution is 0.0603. The van der Waals surface area contributed by atoms with Gasteiger partial charge in [-0.3, -0.25) is 4.90 Å². The summed E-state index contributed by atoms with van der Waals surface area (Å²) in [7, 11) is 3.40. The number of nitrogens with zero attached hydrogens (tertiary/aromatic N) is 1. The predicted molar refractivity (Wildman–Crippen MR) is 88.0 cm³/mol. The van der Waals surface area contributed by atoms with Crippen molar-refractivity contribution < 1.29 is 14.6 Å². The highest BCUT2D eigenvalue weighted by Gasteiger charge is 2.20. The van der Waals surface area contributed by atoms with Gasteiger partial charge in [-0.15, -0.1) is 11.3 Å². The second-order valence-corrected chi connectivity index (χ2v) is 6.04. The van der Waals surface area contributed by atoms with Crippen LogP contribution < -0.4 is 0 Å². The molecule has 2 rings (SSSR count). The minimum absolute atomic E-state index is 0.108. The van der Waals surface area contributed by atoms with Gasteiger partial charge in [0.05, 0.1) is 7.11 Å². The highest BCUT2D eigenvalue weighted by molar-refractivity contribution is 7.12. The zero-order valence-corrected chi connectivity index (χ0v) is 13.7. The Bertz CT molecular complexity index is 597. The van der Waals surface area contributed by atoms with Crippen LogP contribution in [0.15, 0.2) is 41.8 Å². The number of aliphatic hydroxyl groups is 1. The van der Waals surface area contributed by atoms with Gasteiger partial charge < -0.3 is 9.84 Å². The minimum atomic E-state index is -0.295. The molecule has 0 fully saturated rings. The van der Waals surface area contributed by atoms with Crippen LogP contribution in [0.3, 0.4) is 0 Å². The Balaban J connectivity index is 2.17. The molecule has 0 aliphatic heterocycles. The predicted octanol–water partition coefficient (Wildman–Crippen LogP) is 3.09. The number of thiophene rings is 1. The van der Waals surface area contributed by atoms with Crippen molar-refractivity contribution in [3.63, 3.8) is 0 Å². The maximum Gasteiger partial charge on any atom is 0.348 e. The van der Waals surface area contributed by atoms with Gasteiger partial charge in [-0.05, 0) is 36.0 Å². The van der Waals surface area contributed by atoms with E-state index >= 15 is 0 Å². The van der Waals surface area contributed by atoms with Crippen LogP contribution in [0.4, 0.5) is 0 Å². The van der Waals surface area contributed by atoms with Gasteiger partial charge in [-0.25, -0.2) is 4.79 Å². The molecule has 1 aromatic carbocycles. The molecule has 5 heteroatoms. The van der Waals surface area contributed by atoms with Crippen LogP contribution in [0.2, 0.25) is 0 Å². The number of aliphatic hydroxyl groups excluding tert-OH is 1. The molecule has 0 spiro atoms. The topological polar surface area (TPSA) is 49.8 Å². The third-order valence-corrected chi connectivity index (χ3v) is 4.59. The Morgan fingerprint density at radius 3 is 2.68 bits per heavy atom. The normalized spacial score (nSPS) is 12.4. The van der Waals surface area contributed by atoms with Crippen LogP contribution in [0.1, 0.15) is 33.3 Å². The third-order valence-electron chi connectivity index (χ3n) is 3.66. The highest BCUT2D eigenvalue weighted by Crippen LogP contribution is 2.27. The number of benzene rings is 1. The molecule has 4 nitrogen and oxygen atoms in total. The molecule has 2 aromatic rings. The lowest BCUT2D eigenvalue weighted by Crippen LogP contribution is -2.25. The number of esters is 1. The first-order valence-electron chi connectivity index (χ1n) is 7.18. The van der Waals surface area contributed by atoms with E-state index in [4.69, 9.17) is 4.74 Å². The molecule has 0 aliphatic carbocycles. The molecule has 1 heterocycles. The van der Waals surface area contributed by atoms with Crippen molar-refractivity contribution in [3.05, 3.63) is 57.8 Å². The molecular weight excluding hydrogens is 298 g/mol. The second-order valence-electron chi connectivity index (χ2n) is 5.12. The van der Waals surface area contributed by atoms with Crippen molar-refractivity contribution in [2.75, 3.05) is 20.8 Å². The van der Waals surface area contributed by atoms with E-state index in [-0.39, 0.29) is 18.6 Å². The van der Waals surface area contributed by atoms with Crippen molar-refractivity contribution in [2.24, 2.45) is 0 Å². The number of carbonyl (C=O) groups excluding carboxylic acids is 1. The Labute approximate surface area is 135 Å². The maximum absolute atomic E-state index is 11.8. The van der Waals surface area contributed by atoms with Gasteiger partial charge in [-0.2, -0.15) is 0 Å². The Hall–Kier alpha value is -1.69. The summed E-state index contributed by atoms with van der Waals surface area (Å²) in [6.45, 7) is 0.755. The molecule has 0 aliphatic rings. The van der Waals surface area contributed by atoms with Gasteiger partial charge in [0, 0.05) is 19.2 Å². The molecule has 0 saturated carbocycles. The van der Waals surface area contributed by atoms with Crippen molar-refractivity contribution >= 4 is 17.3 Å². The minimum Gasteiger partial charge on any atom is -0.465 e. The van der Waals surface area contributed by atoms with E-state index in [1.165, 1.54) is 18.4 Å². The lowest BCUT2D eigenvalue weighted by atomic mass is 10.0. The highest BCUT2D eigenvalue weighted by atomic mass is 32.1. The average Bonchev–Trinajstić information content (AvgIpc) is 3.00. The molecular formula is C17H21NO3S. The first-order valence-corrected chi connectivity index (χ1v) is 8.06. The van der Waals surface area contributed by atoms with Crippen LogP contribution in [0, 0.1) is 0 Å². The number of hydrogen-bond acceptors (Lipinski definition) is 5. The van der Waals surface area contributed by atoms with E-state index in [9.17, 15) is 9.90 Å². The summed E-state index contributed by atoms with van der Waals surface area (Å²) in [6.07, 6.45) is 0.651. The van der Waals surface area contributed by atoms with E-state index in [1.807, 2.05) is 36.7 Å². The van der Waals surface area contributed by atoms with Crippen LogP contribution >= 0.6 is 11.3 Å². The van der Waals surface area contributed by atoms with E-state index in [1.54, 1.807) is 0 Å². The summed E-state index contributed by atoms with van der Waals surface area (Å²) < 4.78 is 4.82. The molecule has 22 heavy (non-hydrogen) atoms. The Morgan fingerprint density at radius 2 is 2.05 bits per heavy atom. The zero-order chi connectivity index (χ0) is 15.9. The van der Waals surface area contributed by atoms with Gasteiger partial charge in [0.15, 0.2) is 0 Å². The van der Waals surface area contributed by atoms with Crippen LogP contribution in [-0.4, -0.2) is 36.7 Å². The summed E-state index contributed by atoms with van der Waals surface area (Å²) >= 11 is 1.39. The van der Waals surface area contributed by atoms with Crippen LogP contribution in [0.5, 0.6) is 0 Å². The Kier molecular flexibility index (Phi) is 6.12. The molecule has 118 valence electrons. The number of hydrogen-bond donors (Lipinski definition) is 1. The fourth-order valence-corrected chi connectivity index (χ4v) is 3.38. The van der Waals surface area contributed by atoms with E-state index in [0.29, 0.717) is 17.8 Å². The van der Waals surface area contributed by atoms with Gasteiger partial charge >= 0.3 is 5.97 Å². The van der Waals surface area contributed by atoms with Crippen molar-refractivity contribution in [3.8, 4) is 0 Å². The van der Waals surface area contributed by atoms with Gasteiger partial charge in [0.1, 0.15) is 4.88 Å². The number of ether oxygens (including phenoxy) is 1. The fourth-order valence-electron chi connectivity index (χ4n) is 2.55. The summed E-state index contributed by atoms with van der Waals surface area (Å²) in [5.74, 6) is -0.295. The molecule has 1 N–H and O–H groups in total. The largest absolute Gasteiger partial charge is 0.465 e. The molecule has 0 amide bonds. The first kappa shape index (κ1) is 16.7. The molecule has 1 unspecified atom stereocenters. The fraction of sp³-hybridized carbons (Fsp3) is 0.353. The smallest absolute Gasteiger partial charge is 0.348 e. The number of rotatable bonds is 7. The quantitative estimate of drug-likeness (QED) is 0.797. The third kappa shape index (κ3) is 3.94. The molecule has 0 saturated heterocycles. The van der Waals surface area contributed by atoms with Gasteiger partial charge in [0.2, 0.25) is 0 Å². The van der Waals surface area contributed by atoms with Gasteiger partial charge in [-0.1, -0.05) is 30.3 Å². The van der Waals surface area contributed by atoms with Gasteiger partial charge in [0.25, 0.3) is 0 Å². The maximum atomic E-state index is 11.8. The van der Waals surface area contributed by atoms with E-state index in [0.717, 1.165) is 11.1 Å². The SMILES string of the molecule is COC(=O)c1sccc1CN(C)C(CCO)c1ccccc1. The van der Waals surface area contributed by atoms with Crippen LogP contribution in [-0.2, 0) is 11.3 Å². The van der Waals surface area contributed by atoms with Crippen molar-refractivity contribution in [1.82, 2.24) is 4.90 Å². The average molecular weight is 319 g/mol. The standard InChI is InChI=1S/C17H21NO3S/c1-18(12-14-9-11-22-16(14)17(20)21-2)15(8-10-19)13-6-4-3-5-7-13/h3-7,9,11,15,19H,8,10,12H2,1-2H3. The van der Waals surface area contributed by atoms with Crippen molar-refractivity contribution in [1.29, 1.82) is 0 Å². The first-order chi connectivity index (χ1) is 10.7. The molecule has 0 bridgehead atoms. The van der Waals surface area contributed by atoms with Crippen molar-refractivity contribution in [2.45, 2.75) is 19.0 Å². The molecule has 1 atom stereocenters. The Morgan fingerprint density at radius 1 is 1.32 bits per heavy atom. The van der Waals surface area contributed by atoms with Crippen LogP contribution in [0.25, 0.3) is 0 Å². The molecule has 0 radical (unpaired) electrons. The zero-order valence-electron chi connectivity index (χ0n) is 12.9. The number of methoxy groups -OCH3 is 1. The summed E-state index contributed by atoms with van der Waals surface area (Å²) in [4.78, 5) is 14.6. The monoisotopic (exact) mass is 319 g/mol. The lowest BCUT2D eigenvalue weighted by Gasteiger charge is -2.28. The second kappa shape index (κ2) is 8.08.